The minimum Gasteiger partial charge on any atom is -0.490 e. The molecule has 1 aromatic heterocycles. The van der Waals surface area contributed by atoms with Gasteiger partial charge in [-0.1, -0.05) is 0 Å². The first-order chi connectivity index (χ1) is 11.8. The lowest BCUT2D eigenvalue weighted by molar-refractivity contribution is 0.0820. The Kier molecular flexibility index (Phi) is 5.20. The van der Waals surface area contributed by atoms with Gasteiger partial charge in [0.25, 0.3) is 0 Å². The van der Waals surface area contributed by atoms with E-state index in [4.69, 9.17) is 18.9 Å². The Hall–Kier alpha value is -2.28. The normalized spacial score (nSPS) is 13.5. The first-order valence-corrected chi connectivity index (χ1v) is 8.35. The topological polar surface area (TPSA) is 67.6 Å². The highest BCUT2D eigenvalue weighted by atomic mass is 16.5. The van der Waals surface area contributed by atoms with E-state index in [0.717, 1.165) is 23.8 Å². The summed E-state index contributed by atoms with van der Waals surface area (Å²) in [4.78, 5) is 0. The molecular weight excluding hydrogens is 310 g/mol. The van der Waals surface area contributed by atoms with Gasteiger partial charge in [0.05, 0.1) is 26.4 Å². The fourth-order valence-corrected chi connectivity index (χ4v) is 2.73. The molecule has 0 atom stereocenters. The van der Waals surface area contributed by atoms with Crippen LogP contribution in [0, 0.1) is 0 Å². The molecule has 2 aromatic rings. The van der Waals surface area contributed by atoms with Crippen molar-refractivity contribution in [2.24, 2.45) is 0 Å². The lowest BCUT2D eigenvalue weighted by Gasteiger charge is -2.18. The fourth-order valence-electron chi connectivity index (χ4n) is 2.73. The number of hydrogen-bond donors (Lipinski definition) is 0. The maximum atomic E-state index is 5.77. The molecule has 3 rings (SSSR count). The average Bonchev–Trinajstić information content (AvgIpc) is 3.02. The molecule has 24 heavy (non-hydrogen) atoms. The number of rotatable bonds is 7. The molecule has 2 heterocycles. The van der Waals surface area contributed by atoms with Crippen LogP contribution in [0.2, 0.25) is 0 Å². The van der Waals surface area contributed by atoms with Crippen LogP contribution in [0.4, 0.5) is 0 Å². The maximum Gasteiger partial charge on any atom is 0.203 e. The van der Waals surface area contributed by atoms with Crippen LogP contribution in [0.3, 0.4) is 0 Å². The molecule has 0 N–H and O–H groups in total. The van der Waals surface area contributed by atoms with Crippen LogP contribution in [-0.4, -0.2) is 41.2 Å². The van der Waals surface area contributed by atoms with E-state index in [0.29, 0.717) is 50.3 Å². The molecule has 0 radical (unpaired) electrons. The Labute approximate surface area is 141 Å². The second-order valence-electron chi connectivity index (χ2n) is 5.24. The Morgan fingerprint density at radius 1 is 1.00 bits per heavy atom. The molecule has 1 aliphatic rings. The average molecular weight is 333 g/mol. The van der Waals surface area contributed by atoms with E-state index in [9.17, 15) is 0 Å². The molecule has 0 amide bonds. The maximum absolute atomic E-state index is 5.77. The van der Waals surface area contributed by atoms with Crippen molar-refractivity contribution >= 4 is 0 Å². The molecule has 0 spiro atoms. The number of fused-ring (bicyclic) bond motifs is 1. The highest BCUT2D eigenvalue weighted by Crippen LogP contribution is 2.41. The van der Waals surface area contributed by atoms with Gasteiger partial charge in [-0.3, -0.25) is 0 Å². The minimum absolute atomic E-state index is 0.487. The van der Waals surface area contributed by atoms with Gasteiger partial charge in [-0.15, -0.1) is 10.2 Å². The Balaban J connectivity index is 2.09. The highest BCUT2D eigenvalue weighted by Gasteiger charge is 2.21. The molecule has 0 unspecified atom stereocenters. The van der Waals surface area contributed by atoms with E-state index < -0.39 is 0 Å². The summed E-state index contributed by atoms with van der Waals surface area (Å²) in [5, 5.41) is 8.55. The molecule has 0 saturated heterocycles. The third kappa shape index (κ3) is 3.17. The standard InChI is InChI=1S/C17H23N3O4/c1-4-22-13-9-12(10-14(23-5-2)16(13)24-6-3)17-19-18-15-11-21-8-7-20(15)17/h9-10H,4-8,11H2,1-3H3. The largest absolute Gasteiger partial charge is 0.490 e. The van der Waals surface area contributed by atoms with E-state index in [-0.39, 0.29) is 0 Å². The number of benzene rings is 1. The van der Waals surface area contributed by atoms with Gasteiger partial charge in [0.1, 0.15) is 6.61 Å². The van der Waals surface area contributed by atoms with Gasteiger partial charge in [-0.2, -0.15) is 0 Å². The van der Waals surface area contributed by atoms with Crippen molar-refractivity contribution in [3.8, 4) is 28.6 Å². The van der Waals surface area contributed by atoms with Gasteiger partial charge in [0.15, 0.2) is 23.1 Å². The summed E-state index contributed by atoms with van der Waals surface area (Å²) in [5.74, 6) is 3.57. The van der Waals surface area contributed by atoms with Crippen molar-refractivity contribution in [3.05, 3.63) is 18.0 Å². The summed E-state index contributed by atoms with van der Waals surface area (Å²) in [7, 11) is 0. The molecular formula is C17H23N3O4. The van der Waals surface area contributed by atoms with E-state index in [1.165, 1.54) is 0 Å². The van der Waals surface area contributed by atoms with Crippen LogP contribution in [0.25, 0.3) is 11.4 Å². The number of ether oxygens (including phenoxy) is 4. The molecule has 0 aliphatic carbocycles. The van der Waals surface area contributed by atoms with Crippen LogP contribution in [0.1, 0.15) is 26.6 Å². The lowest BCUT2D eigenvalue weighted by Crippen LogP contribution is -2.17. The van der Waals surface area contributed by atoms with Crippen molar-refractivity contribution in [1.82, 2.24) is 14.8 Å². The summed E-state index contributed by atoms with van der Waals surface area (Å²) in [6, 6.07) is 3.87. The summed E-state index contributed by atoms with van der Waals surface area (Å²) in [5.41, 5.74) is 0.894. The first-order valence-electron chi connectivity index (χ1n) is 8.35. The van der Waals surface area contributed by atoms with Crippen LogP contribution in [-0.2, 0) is 17.9 Å². The number of nitrogens with zero attached hydrogens (tertiary/aromatic N) is 3. The summed E-state index contributed by atoms with van der Waals surface area (Å²) >= 11 is 0. The Morgan fingerprint density at radius 2 is 1.67 bits per heavy atom. The summed E-state index contributed by atoms with van der Waals surface area (Å²) in [6.45, 7) is 9.33. The second kappa shape index (κ2) is 7.53. The summed E-state index contributed by atoms with van der Waals surface area (Å²) < 4.78 is 24.8. The van der Waals surface area contributed by atoms with E-state index in [1.54, 1.807) is 0 Å². The fraction of sp³-hybridized carbons (Fsp3) is 0.529. The molecule has 7 nitrogen and oxygen atoms in total. The van der Waals surface area contributed by atoms with Crippen LogP contribution < -0.4 is 14.2 Å². The Morgan fingerprint density at radius 3 is 2.29 bits per heavy atom. The minimum atomic E-state index is 0.487. The zero-order chi connectivity index (χ0) is 16.9. The third-order valence-corrected chi connectivity index (χ3v) is 3.69. The molecule has 1 aliphatic heterocycles. The molecule has 1 aromatic carbocycles. The second-order valence-corrected chi connectivity index (χ2v) is 5.24. The third-order valence-electron chi connectivity index (χ3n) is 3.69. The van der Waals surface area contributed by atoms with Gasteiger partial charge in [-0.05, 0) is 32.9 Å². The van der Waals surface area contributed by atoms with Gasteiger partial charge in [0.2, 0.25) is 5.75 Å². The predicted octanol–water partition coefficient (Wildman–Crippen LogP) is 2.67. The van der Waals surface area contributed by atoms with Crippen molar-refractivity contribution < 1.29 is 18.9 Å². The molecule has 0 fully saturated rings. The number of aromatic nitrogens is 3. The van der Waals surface area contributed by atoms with Gasteiger partial charge in [-0.25, -0.2) is 0 Å². The zero-order valence-corrected chi connectivity index (χ0v) is 14.4. The molecule has 7 heteroatoms. The van der Waals surface area contributed by atoms with Crippen molar-refractivity contribution in [2.45, 2.75) is 33.9 Å². The van der Waals surface area contributed by atoms with Gasteiger partial charge in [0, 0.05) is 12.1 Å². The van der Waals surface area contributed by atoms with Gasteiger partial charge < -0.3 is 23.5 Å². The van der Waals surface area contributed by atoms with Crippen LogP contribution >= 0.6 is 0 Å². The predicted molar refractivity (Wildman–Crippen MR) is 88.6 cm³/mol. The van der Waals surface area contributed by atoms with Crippen LogP contribution in [0.5, 0.6) is 17.2 Å². The Bertz CT molecular complexity index is 672. The zero-order valence-electron chi connectivity index (χ0n) is 14.4. The molecule has 0 bridgehead atoms. The van der Waals surface area contributed by atoms with Crippen molar-refractivity contribution in [3.63, 3.8) is 0 Å². The SMILES string of the molecule is CCOc1cc(-c2nnc3n2CCOC3)cc(OCC)c1OCC. The monoisotopic (exact) mass is 333 g/mol. The van der Waals surface area contributed by atoms with Crippen LogP contribution in [0.15, 0.2) is 12.1 Å². The lowest BCUT2D eigenvalue weighted by atomic mass is 10.1. The highest BCUT2D eigenvalue weighted by molar-refractivity contribution is 5.67. The van der Waals surface area contributed by atoms with Crippen molar-refractivity contribution in [2.75, 3.05) is 26.4 Å². The number of hydrogen-bond acceptors (Lipinski definition) is 6. The van der Waals surface area contributed by atoms with E-state index >= 15 is 0 Å². The molecule has 130 valence electrons. The van der Waals surface area contributed by atoms with E-state index in [2.05, 4.69) is 14.8 Å². The molecule has 0 saturated carbocycles. The van der Waals surface area contributed by atoms with Crippen molar-refractivity contribution in [1.29, 1.82) is 0 Å². The smallest absolute Gasteiger partial charge is 0.203 e. The summed E-state index contributed by atoms with van der Waals surface area (Å²) in [6.07, 6.45) is 0. The van der Waals surface area contributed by atoms with Gasteiger partial charge >= 0.3 is 0 Å². The van der Waals surface area contributed by atoms with E-state index in [1.807, 2.05) is 32.9 Å². The quantitative estimate of drug-likeness (QED) is 0.776. The first kappa shape index (κ1) is 16.6.